The lowest BCUT2D eigenvalue weighted by molar-refractivity contribution is -0.103. The highest BCUT2D eigenvalue weighted by Crippen LogP contribution is 2.13. The van der Waals surface area contributed by atoms with Crippen molar-refractivity contribution in [3.8, 4) is 17.6 Å². The molecule has 0 fully saturated rings. The first kappa shape index (κ1) is 8.28. The lowest BCUT2D eigenvalue weighted by atomic mass is 10.2. The second-order valence-electron chi connectivity index (χ2n) is 2.09. The zero-order valence-electron chi connectivity index (χ0n) is 6.04. The van der Waals surface area contributed by atoms with Crippen LogP contribution in [0.15, 0.2) is 18.2 Å². The summed E-state index contributed by atoms with van der Waals surface area (Å²) in [6, 6.07) is 3.38. The van der Waals surface area contributed by atoms with Crippen LogP contribution in [0.4, 0.5) is 4.39 Å². The van der Waals surface area contributed by atoms with Gasteiger partial charge in [0.1, 0.15) is 11.6 Å². The highest BCUT2D eigenvalue weighted by molar-refractivity contribution is 5.74. The van der Waals surface area contributed by atoms with Gasteiger partial charge in [0.2, 0.25) is 0 Å². The number of carbonyl (C=O) groups excluding carboxylic acids is 1. The van der Waals surface area contributed by atoms with Crippen LogP contribution in [0, 0.1) is 17.7 Å². The number of halogens is 1. The van der Waals surface area contributed by atoms with Crippen molar-refractivity contribution in [3.05, 3.63) is 29.6 Å². The molecule has 0 aromatic heterocycles. The highest BCUT2D eigenvalue weighted by atomic mass is 19.1. The fraction of sp³-hybridized carbons (Fsp3) is 0. The number of phenols is 1. The molecule has 0 bridgehead atoms. The molecule has 1 aromatic carbocycles. The molecule has 0 radical (unpaired) electrons. The topological polar surface area (TPSA) is 37.3 Å². The summed E-state index contributed by atoms with van der Waals surface area (Å²) in [5.41, 5.74) is 0.277. The molecule has 0 unspecified atom stereocenters. The van der Waals surface area contributed by atoms with Gasteiger partial charge in [-0.15, -0.1) is 0 Å². The first-order valence-electron chi connectivity index (χ1n) is 3.17. The van der Waals surface area contributed by atoms with Crippen molar-refractivity contribution in [1.29, 1.82) is 0 Å². The van der Waals surface area contributed by atoms with E-state index in [0.717, 1.165) is 12.1 Å². The smallest absolute Gasteiger partial charge is 0.193 e. The second kappa shape index (κ2) is 3.54. The van der Waals surface area contributed by atoms with Crippen LogP contribution in [-0.4, -0.2) is 11.4 Å². The normalized spacial score (nSPS) is 8.42. The first-order chi connectivity index (χ1) is 5.72. The largest absolute Gasteiger partial charge is 0.508 e. The van der Waals surface area contributed by atoms with Gasteiger partial charge in [-0.25, -0.2) is 4.39 Å². The zero-order chi connectivity index (χ0) is 8.97. The molecule has 12 heavy (non-hydrogen) atoms. The lowest BCUT2D eigenvalue weighted by Gasteiger charge is -1.93. The van der Waals surface area contributed by atoms with E-state index in [9.17, 15) is 9.18 Å². The molecule has 0 heterocycles. The van der Waals surface area contributed by atoms with Gasteiger partial charge >= 0.3 is 0 Å². The van der Waals surface area contributed by atoms with Gasteiger partial charge < -0.3 is 5.11 Å². The van der Waals surface area contributed by atoms with Crippen LogP contribution in [-0.2, 0) is 4.79 Å². The number of aromatic hydroxyl groups is 1. The molecule has 1 rings (SSSR count). The molecule has 0 amide bonds. The number of hydrogen-bond donors (Lipinski definition) is 1. The van der Waals surface area contributed by atoms with Gasteiger partial charge in [-0.3, -0.25) is 4.79 Å². The van der Waals surface area contributed by atoms with Crippen molar-refractivity contribution >= 4 is 6.29 Å². The fourth-order valence-electron chi connectivity index (χ4n) is 0.759. The summed E-state index contributed by atoms with van der Waals surface area (Å²) in [4.78, 5) is 9.82. The summed E-state index contributed by atoms with van der Waals surface area (Å²) in [6.45, 7) is 0. The monoisotopic (exact) mass is 164 g/mol. The van der Waals surface area contributed by atoms with Gasteiger partial charge in [0, 0.05) is 11.6 Å². The van der Waals surface area contributed by atoms with Gasteiger partial charge in [0.05, 0.1) is 0 Å². The van der Waals surface area contributed by atoms with Gasteiger partial charge in [0.15, 0.2) is 6.29 Å². The summed E-state index contributed by atoms with van der Waals surface area (Å²) in [5, 5.41) is 8.90. The Labute approximate surface area is 68.6 Å². The molecule has 0 aliphatic carbocycles. The Morgan fingerprint density at radius 1 is 1.42 bits per heavy atom. The minimum Gasteiger partial charge on any atom is -0.508 e. The van der Waals surface area contributed by atoms with Crippen molar-refractivity contribution in [3.63, 3.8) is 0 Å². The minimum atomic E-state index is -0.579. The number of phenolic OH excluding ortho intramolecular Hbond substituents is 1. The zero-order valence-corrected chi connectivity index (χ0v) is 6.04. The highest BCUT2D eigenvalue weighted by Gasteiger charge is 1.95. The molecular weight excluding hydrogens is 159 g/mol. The number of benzene rings is 1. The maximum atomic E-state index is 12.5. The third kappa shape index (κ3) is 2.10. The molecule has 1 N–H and O–H groups in total. The van der Waals surface area contributed by atoms with E-state index in [2.05, 4.69) is 11.8 Å². The fourth-order valence-corrected chi connectivity index (χ4v) is 0.759. The van der Waals surface area contributed by atoms with E-state index in [1.807, 2.05) is 0 Å². The number of carbonyl (C=O) groups is 1. The molecular formula is C9H5FO2. The lowest BCUT2D eigenvalue weighted by Crippen LogP contribution is -1.78. The van der Waals surface area contributed by atoms with Crippen LogP contribution in [0.2, 0.25) is 0 Å². The Hall–Kier alpha value is -1.82. The first-order valence-corrected chi connectivity index (χ1v) is 3.17. The summed E-state index contributed by atoms with van der Waals surface area (Å²) >= 11 is 0. The number of rotatable bonds is 0. The van der Waals surface area contributed by atoms with Crippen LogP contribution in [0.3, 0.4) is 0 Å². The maximum Gasteiger partial charge on any atom is 0.193 e. The molecule has 2 nitrogen and oxygen atoms in total. The van der Waals surface area contributed by atoms with E-state index < -0.39 is 5.82 Å². The number of aldehydes is 1. The summed E-state index contributed by atoms with van der Waals surface area (Å²) in [7, 11) is 0. The van der Waals surface area contributed by atoms with E-state index in [1.165, 1.54) is 6.07 Å². The molecule has 0 saturated carbocycles. The maximum absolute atomic E-state index is 12.5. The van der Waals surface area contributed by atoms with Crippen molar-refractivity contribution in [2.75, 3.05) is 0 Å². The molecule has 60 valence electrons. The van der Waals surface area contributed by atoms with Crippen molar-refractivity contribution in [2.45, 2.75) is 0 Å². The Kier molecular flexibility index (Phi) is 2.44. The van der Waals surface area contributed by atoms with Crippen molar-refractivity contribution in [1.82, 2.24) is 0 Å². The van der Waals surface area contributed by atoms with Crippen LogP contribution < -0.4 is 0 Å². The predicted octanol–water partition coefficient (Wildman–Crippen LogP) is 1.08. The number of hydrogen-bond acceptors (Lipinski definition) is 2. The van der Waals surface area contributed by atoms with E-state index in [1.54, 1.807) is 0 Å². The second-order valence-corrected chi connectivity index (χ2v) is 2.09. The molecule has 1 aromatic rings. The Balaban J connectivity index is 3.08. The third-order valence-corrected chi connectivity index (χ3v) is 1.16. The van der Waals surface area contributed by atoms with Crippen LogP contribution >= 0.6 is 0 Å². The molecule has 0 saturated heterocycles. The SMILES string of the molecule is O=CC#Cc1cc(O)cc(F)c1. The van der Waals surface area contributed by atoms with Gasteiger partial charge in [-0.2, -0.15) is 0 Å². The van der Waals surface area contributed by atoms with E-state index in [4.69, 9.17) is 5.11 Å². The Morgan fingerprint density at radius 2 is 2.17 bits per heavy atom. The Morgan fingerprint density at radius 3 is 2.75 bits per heavy atom. The average Bonchev–Trinajstić information content (AvgIpc) is 1.99. The van der Waals surface area contributed by atoms with Crippen LogP contribution in [0.5, 0.6) is 5.75 Å². The molecule has 0 atom stereocenters. The van der Waals surface area contributed by atoms with Crippen molar-refractivity contribution in [2.24, 2.45) is 0 Å². The van der Waals surface area contributed by atoms with E-state index in [-0.39, 0.29) is 11.3 Å². The average molecular weight is 164 g/mol. The molecule has 3 heteroatoms. The van der Waals surface area contributed by atoms with Gasteiger partial charge in [-0.05, 0) is 18.1 Å². The standard InChI is InChI=1S/C9H5FO2/c10-8-4-7(2-1-3-11)5-9(12)6-8/h3-6,12H. The molecule has 0 aliphatic rings. The van der Waals surface area contributed by atoms with E-state index >= 15 is 0 Å². The summed E-state index contributed by atoms with van der Waals surface area (Å²) < 4.78 is 12.5. The van der Waals surface area contributed by atoms with Crippen molar-refractivity contribution < 1.29 is 14.3 Å². The van der Waals surface area contributed by atoms with Gasteiger partial charge in [0.25, 0.3) is 0 Å². The molecule has 0 spiro atoms. The predicted molar refractivity (Wildman–Crippen MR) is 41.0 cm³/mol. The summed E-state index contributed by atoms with van der Waals surface area (Å²) in [5.74, 6) is 3.69. The minimum absolute atomic E-state index is 0.204. The Bertz CT molecular complexity index is 340. The quantitative estimate of drug-likeness (QED) is 0.460. The van der Waals surface area contributed by atoms with Crippen LogP contribution in [0.1, 0.15) is 5.56 Å². The van der Waals surface area contributed by atoms with Gasteiger partial charge in [-0.1, -0.05) is 5.92 Å². The molecule has 0 aliphatic heterocycles. The van der Waals surface area contributed by atoms with E-state index in [0.29, 0.717) is 6.29 Å². The third-order valence-electron chi connectivity index (χ3n) is 1.16. The van der Waals surface area contributed by atoms with Crippen LogP contribution in [0.25, 0.3) is 0 Å². The summed E-state index contributed by atoms with van der Waals surface area (Å²) in [6.07, 6.45) is 0.405.